The number of amides is 1. The third-order valence-corrected chi connectivity index (χ3v) is 4.38. The molecule has 2 rings (SSSR count). The van der Waals surface area contributed by atoms with Crippen molar-refractivity contribution >= 4 is 5.91 Å². The van der Waals surface area contributed by atoms with Crippen LogP contribution in [0.15, 0.2) is 30.3 Å². The zero-order valence-electron chi connectivity index (χ0n) is 14.9. The number of nitrogens with zero attached hydrogens (tertiary/aromatic N) is 1. The standard InChI is InChI=1S/C19H30N2O3/c1-16-7-6-10-21(14-16)17(2)13-20-19(22)15-23-11-12-24-18-8-4-3-5-9-18/h3-5,8-9,16-17H,6-7,10-15H2,1-2H3,(H,20,22)/t16-,17-/m1/s1. The molecular formula is C19H30N2O3. The van der Waals surface area contributed by atoms with E-state index in [-0.39, 0.29) is 12.5 Å². The summed E-state index contributed by atoms with van der Waals surface area (Å²) in [5.41, 5.74) is 0. The highest BCUT2D eigenvalue weighted by molar-refractivity contribution is 5.77. The maximum Gasteiger partial charge on any atom is 0.246 e. The second kappa shape index (κ2) is 10.3. The van der Waals surface area contributed by atoms with Crippen LogP contribution in [0.2, 0.25) is 0 Å². The molecule has 1 aromatic carbocycles. The van der Waals surface area contributed by atoms with Gasteiger partial charge in [0.2, 0.25) is 5.91 Å². The molecule has 0 aromatic heterocycles. The Bertz CT molecular complexity index is 481. The lowest BCUT2D eigenvalue weighted by molar-refractivity contribution is -0.126. The lowest BCUT2D eigenvalue weighted by Gasteiger charge is -2.35. The first-order chi connectivity index (χ1) is 11.6. The highest BCUT2D eigenvalue weighted by Crippen LogP contribution is 2.17. The van der Waals surface area contributed by atoms with Gasteiger partial charge in [0.25, 0.3) is 0 Å². The van der Waals surface area contributed by atoms with Crippen molar-refractivity contribution in [1.29, 1.82) is 0 Å². The molecule has 1 fully saturated rings. The van der Waals surface area contributed by atoms with Crippen LogP contribution in [-0.2, 0) is 9.53 Å². The van der Waals surface area contributed by atoms with Gasteiger partial charge in [-0.1, -0.05) is 25.1 Å². The molecule has 0 radical (unpaired) electrons. The number of nitrogens with one attached hydrogen (secondary N) is 1. The average Bonchev–Trinajstić information content (AvgIpc) is 2.60. The Morgan fingerprint density at radius 2 is 2.12 bits per heavy atom. The van der Waals surface area contributed by atoms with Crippen LogP contribution in [0, 0.1) is 5.92 Å². The minimum absolute atomic E-state index is 0.0633. The van der Waals surface area contributed by atoms with Crippen molar-refractivity contribution in [3.05, 3.63) is 30.3 Å². The fourth-order valence-corrected chi connectivity index (χ4v) is 2.97. The van der Waals surface area contributed by atoms with E-state index < -0.39 is 0 Å². The molecule has 134 valence electrons. The Balaban J connectivity index is 1.51. The van der Waals surface area contributed by atoms with E-state index >= 15 is 0 Å². The van der Waals surface area contributed by atoms with Gasteiger partial charge in [-0.15, -0.1) is 0 Å². The smallest absolute Gasteiger partial charge is 0.246 e. The molecule has 0 unspecified atom stereocenters. The number of likely N-dealkylation sites (tertiary alicyclic amines) is 1. The largest absolute Gasteiger partial charge is 0.491 e. The predicted octanol–water partition coefficient (Wildman–Crippen LogP) is 2.32. The van der Waals surface area contributed by atoms with Gasteiger partial charge in [-0.2, -0.15) is 0 Å². The molecule has 0 saturated carbocycles. The van der Waals surface area contributed by atoms with Crippen LogP contribution in [-0.4, -0.2) is 56.3 Å². The first-order valence-electron chi connectivity index (χ1n) is 8.91. The van der Waals surface area contributed by atoms with Crippen molar-refractivity contribution in [2.24, 2.45) is 5.92 Å². The SMILES string of the molecule is C[C@@H]1CCCN([C@H](C)CNC(=O)COCCOc2ccccc2)C1. The molecule has 1 aromatic rings. The third-order valence-electron chi connectivity index (χ3n) is 4.38. The van der Waals surface area contributed by atoms with Crippen molar-refractivity contribution in [2.75, 3.05) is 39.5 Å². The van der Waals surface area contributed by atoms with Crippen molar-refractivity contribution in [2.45, 2.75) is 32.7 Å². The van der Waals surface area contributed by atoms with Crippen LogP contribution >= 0.6 is 0 Å². The minimum atomic E-state index is -0.0633. The van der Waals surface area contributed by atoms with E-state index in [2.05, 4.69) is 24.1 Å². The number of benzene rings is 1. The topological polar surface area (TPSA) is 50.8 Å². The van der Waals surface area contributed by atoms with Crippen LogP contribution in [0.5, 0.6) is 5.75 Å². The Labute approximate surface area is 145 Å². The number of hydrogen-bond acceptors (Lipinski definition) is 4. The van der Waals surface area contributed by atoms with Gasteiger partial charge < -0.3 is 14.8 Å². The fourth-order valence-electron chi connectivity index (χ4n) is 2.97. The number of carbonyl (C=O) groups is 1. The van der Waals surface area contributed by atoms with Crippen molar-refractivity contribution in [3.63, 3.8) is 0 Å². The lowest BCUT2D eigenvalue weighted by Crippen LogP contribution is -2.46. The van der Waals surface area contributed by atoms with E-state index in [0.29, 0.717) is 25.8 Å². The van der Waals surface area contributed by atoms with Gasteiger partial charge >= 0.3 is 0 Å². The molecule has 0 spiro atoms. The Hall–Kier alpha value is -1.59. The molecule has 0 aliphatic carbocycles. The van der Waals surface area contributed by atoms with Crippen molar-refractivity contribution < 1.29 is 14.3 Å². The van der Waals surface area contributed by atoms with E-state index in [1.165, 1.54) is 12.8 Å². The van der Waals surface area contributed by atoms with E-state index in [4.69, 9.17) is 9.47 Å². The Kier molecular flexibility index (Phi) is 8.05. The quantitative estimate of drug-likeness (QED) is 0.704. The molecule has 5 nitrogen and oxygen atoms in total. The van der Waals surface area contributed by atoms with Crippen LogP contribution in [0.25, 0.3) is 0 Å². The van der Waals surface area contributed by atoms with Crippen LogP contribution < -0.4 is 10.1 Å². The van der Waals surface area contributed by atoms with Gasteiger partial charge in [0.05, 0.1) is 6.61 Å². The number of carbonyl (C=O) groups excluding carboxylic acids is 1. The van der Waals surface area contributed by atoms with Gasteiger partial charge in [-0.3, -0.25) is 9.69 Å². The first-order valence-corrected chi connectivity index (χ1v) is 8.91. The average molecular weight is 334 g/mol. The Morgan fingerprint density at radius 3 is 2.88 bits per heavy atom. The lowest BCUT2D eigenvalue weighted by atomic mass is 9.99. The van der Waals surface area contributed by atoms with Gasteiger partial charge in [0.15, 0.2) is 0 Å². The summed E-state index contributed by atoms with van der Waals surface area (Å²) in [6.45, 7) is 8.34. The summed E-state index contributed by atoms with van der Waals surface area (Å²) in [6.07, 6.45) is 2.57. The van der Waals surface area contributed by atoms with E-state index in [1.54, 1.807) is 0 Å². The second-order valence-corrected chi connectivity index (χ2v) is 6.61. The van der Waals surface area contributed by atoms with Crippen LogP contribution in [0.4, 0.5) is 0 Å². The summed E-state index contributed by atoms with van der Waals surface area (Å²) in [5.74, 6) is 1.51. The molecule has 1 aliphatic heterocycles. The monoisotopic (exact) mass is 334 g/mol. The fraction of sp³-hybridized carbons (Fsp3) is 0.632. The molecule has 5 heteroatoms. The maximum absolute atomic E-state index is 11.8. The maximum atomic E-state index is 11.8. The number of rotatable bonds is 9. The molecule has 1 amide bonds. The van der Waals surface area contributed by atoms with Crippen molar-refractivity contribution in [3.8, 4) is 5.75 Å². The minimum Gasteiger partial charge on any atom is -0.491 e. The summed E-state index contributed by atoms with van der Waals surface area (Å²) in [5, 5.41) is 2.96. The molecule has 24 heavy (non-hydrogen) atoms. The molecule has 2 atom stereocenters. The van der Waals surface area contributed by atoms with Crippen LogP contribution in [0.3, 0.4) is 0 Å². The summed E-state index contributed by atoms with van der Waals surface area (Å²) in [4.78, 5) is 14.3. The second-order valence-electron chi connectivity index (χ2n) is 6.61. The number of ether oxygens (including phenoxy) is 2. The normalized spacial score (nSPS) is 19.7. The number of hydrogen-bond donors (Lipinski definition) is 1. The summed E-state index contributed by atoms with van der Waals surface area (Å²) < 4.78 is 10.9. The Morgan fingerprint density at radius 1 is 1.33 bits per heavy atom. The summed E-state index contributed by atoms with van der Waals surface area (Å²) in [6, 6.07) is 9.96. The van der Waals surface area contributed by atoms with E-state index in [1.807, 2.05) is 30.3 Å². The highest BCUT2D eigenvalue weighted by Gasteiger charge is 2.21. The zero-order valence-corrected chi connectivity index (χ0v) is 14.9. The molecule has 1 N–H and O–H groups in total. The molecule has 0 bridgehead atoms. The number of piperidine rings is 1. The van der Waals surface area contributed by atoms with Gasteiger partial charge in [-0.05, 0) is 44.4 Å². The number of para-hydroxylation sites is 1. The van der Waals surface area contributed by atoms with Gasteiger partial charge in [0.1, 0.15) is 19.0 Å². The van der Waals surface area contributed by atoms with Gasteiger partial charge in [-0.25, -0.2) is 0 Å². The first kappa shape index (κ1) is 18.7. The highest BCUT2D eigenvalue weighted by atomic mass is 16.5. The van der Waals surface area contributed by atoms with E-state index in [9.17, 15) is 4.79 Å². The molecule has 1 saturated heterocycles. The summed E-state index contributed by atoms with van der Waals surface area (Å²) in [7, 11) is 0. The molecule has 1 aliphatic rings. The van der Waals surface area contributed by atoms with Crippen LogP contribution in [0.1, 0.15) is 26.7 Å². The molecule has 1 heterocycles. The molecular weight excluding hydrogens is 304 g/mol. The summed E-state index contributed by atoms with van der Waals surface area (Å²) >= 11 is 0. The van der Waals surface area contributed by atoms with Crippen molar-refractivity contribution in [1.82, 2.24) is 10.2 Å². The van der Waals surface area contributed by atoms with Gasteiger partial charge in [0, 0.05) is 19.1 Å². The third kappa shape index (κ3) is 6.89. The zero-order chi connectivity index (χ0) is 17.2. The van der Waals surface area contributed by atoms with E-state index in [0.717, 1.165) is 24.8 Å². The predicted molar refractivity (Wildman–Crippen MR) is 95.2 cm³/mol.